The minimum absolute atomic E-state index is 0.0791. The molecule has 0 aromatic heterocycles. The van der Waals surface area contributed by atoms with Gasteiger partial charge in [0.05, 0.1) is 25.3 Å². The van der Waals surface area contributed by atoms with Crippen LogP contribution in [0.3, 0.4) is 0 Å². The van der Waals surface area contributed by atoms with Gasteiger partial charge in [-0.2, -0.15) is 0 Å². The molecule has 1 N–H and O–H groups in total. The van der Waals surface area contributed by atoms with E-state index in [0.717, 1.165) is 5.56 Å². The monoisotopic (exact) mass is 441 g/mol. The summed E-state index contributed by atoms with van der Waals surface area (Å²) < 4.78 is 25.3. The summed E-state index contributed by atoms with van der Waals surface area (Å²) in [5.74, 6) is -1.80. The average Bonchev–Trinajstić information content (AvgIpc) is 3.01. The number of rotatable bonds is 7. The van der Waals surface area contributed by atoms with E-state index >= 15 is 0 Å². The molecule has 0 radical (unpaired) electrons. The summed E-state index contributed by atoms with van der Waals surface area (Å²) in [7, 11) is 3.04. The number of nitrogens with zero attached hydrogens (tertiary/aromatic N) is 1. The molecule has 1 heterocycles. The second-order valence-electron chi connectivity index (χ2n) is 8.07. The minimum atomic E-state index is -1.06. The van der Waals surface area contributed by atoms with Gasteiger partial charge in [0.15, 0.2) is 0 Å². The van der Waals surface area contributed by atoms with E-state index in [1.807, 2.05) is 13.8 Å². The van der Waals surface area contributed by atoms with Crippen molar-refractivity contribution < 1.29 is 28.6 Å². The highest BCUT2D eigenvalue weighted by atomic mass is 19.1. The van der Waals surface area contributed by atoms with E-state index in [4.69, 9.17) is 9.47 Å². The first-order valence-corrected chi connectivity index (χ1v) is 10.4. The number of hydrogen-bond donors (Lipinski definition) is 1. The molecule has 2 aromatic carbocycles. The minimum Gasteiger partial charge on any atom is -0.507 e. The van der Waals surface area contributed by atoms with Crippen LogP contribution in [0.1, 0.15) is 48.1 Å². The van der Waals surface area contributed by atoms with Crippen molar-refractivity contribution in [1.29, 1.82) is 0 Å². The molecule has 1 aliphatic rings. The molecule has 1 amide bonds. The number of hydrogen-bond acceptors (Lipinski definition) is 5. The van der Waals surface area contributed by atoms with Crippen molar-refractivity contribution >= 4 is 17.4 Å². The standard InChI is InChI=1S/C25H28FNO5/c1-14(2)17-13-18(15(3)12-20(17)32-5)23(28)21-22(16-8-6-7-9-19(16)26)27(10-11-31-4)25(30)24(21)29/h6-9,12-14,22,28H,10-11H2,1-5H3/b23-21+. The van der Waals surface area contributed by atoms with Crippen molar-refractivity contribution in [2.75, 3.05) is 27.4 Å². The Kier molecular flexibility index (Phi) is 6.99. The van der Waals surface area contributed by atoms with E-state index in [2.05, 4.69) is 0 Å². The van der Waals surface area contributed by atoms with Gasteiger partial charge in [-0.3, -0.25) is 9.59 Å². The number of amides is 1. The lowest BCUT2D eigenvalue weighted by atomic mass is 9.91. The third-order valence-electron chi connectivity index (χ3n) is 5.73. The zero-order valence-electron chi connectivity index (χ0n) is 18.9. The first-order valence-electron chi connectivity index (χ1n) is 10.4. The number of methoxy groups -OCH3 is 2. The van der Waals surface area contributed by atoms with E-state index < -0.39 is 23.5 Å². The Morgan fingerprint density at radius 3 is 2.47 bits per heavy atom. The van der Waals surface area contributed by atoms with Crippen LogP contribution in [0.2, 0.25) is 0 Å². The van der Waals surface area contributed by atoms with Gasteiger partial charge in [-0.05, 0) is 42.2 Å². The van der Waals surface area contributed by atoms with Crippen molar-refractivity contribution in [2.24, 2.45) is 0 Å². The molecule has 1 unspecified atom stereocenters. The quantitative estimate of drug-likeness (QED) is 0.393. The van der Waals surface area contributed by atoms with Crippen LogP contribution in [0.25, 0.3) is 5.76 Å². The molecule has 0 saturated carbocycles. The van der Waals surface area contributed by atoms with Crippen molar-refractivity contribution in [3.63, 3.8) is 0 Å². The van der Waals surface area contributed by atoms with Crippen molar-refractivity contribution in [2.45, 2.75) is 32.7 Å². The SMILES string of the molecule is COCCN1C(=O)C(=O)/C(=C(/O)c2cc(C(C)C)c(OC)cc2C)C1c1ccccc1F. The molecule has 0 bridgehead atoms. The number of Topliss-reactive ketones (excluding diaryl/α,β-unsaturated/α-hetero) is 1. The van der Waals surface area contributed by atoms with Gasteiger partial charge >= 0.3 is 0 Å². The van der Waals surface area contributed by atoms with E-state index in [9.17, 15) is 19.1 Å². The number of carbonyl (C=O) groups is 2. The predicted molar refractivity (Wildman–Crippen MR) is 119 cm³/mol. The van der Waals surface area contributed by atoms with Gasteiger partial charge in [0.2, 0.25) is 0 Å². The fraction of sp³-hybridized carbons (Fsp3) is 0.360. The fourth-order valence-electron chi connectivity index (χ4n) is 4.05. The number of aliphatic hydroxyl groups is 1. The Morgan fingerprint density at radius 2 is 1.88 bits per heavy atom. The Bertz CT molecular complexity index is 1080. The first-order chi connectivity index (χ1) is 15.2. The van der Waals surface area contributed by atoms with Crippen molar-refractivity contribution in [1.82, 2.24) is 4.90 Å². The Hall–Kier alpha value is -3.19. The Morgan fingerprint density at radius 1 is 1.19 bits per heavy atom. The zero-order valence-corrected chi connectivity index (χ0v) is 18.9. The summed E-state index contributed by atoms with van der Waals surface area (Å²) in [6.45, 7) is 5.99. The highest BCUT2D eigenvalue weighted by molar-refractivity contribution is 6.46. The number of aliphatic hydroxyl groups excluding tert-OH is 1. The third-order valence-corrected chi connectivity index (χ3v) is 5.73. The number of benzene rings is 2. The second-order valence-corrected chi connectivity index (χ2v) is 8.07. The lowest BCUT2D eigenvalue weighted by Crippen LogP contribution is -2.33. The van der Waals surface area contributed by atoms with Crippen LogP contribution in [0.5, 0.6) is 5.75 Å². The molecule has 1 fully saturated rings. The fourth-order valence-corrected chi connectivity index (χ4v) is 4.05. The molecule has 1 atom stereocenters. The molecular formula is C25H28FNO5. The molecular weight excluding hydrogens is 413 g/mol. The van der Waals surface area contributed by atoms with E-state index in [1.165, 1.54) is 30.2 Å². The molecule has 0 aliphatic carbocycles. The largest absolute Gasteiger partial charge is 0.507 e. The van der Waals surface area contributed by atoms with Crippen LogP contribution < -0.4 is 4.74 Å². The Balaban J connectivity index is 2.27. The summed E-state index contributed by atoms with van der Waals surface area (Å²) >= 11 is 0. The number of carbonyl (C=O) groups excluding carboxylic acids is 2. The summed E-state index contributed by atoms with van der Waals surface area (Å²) in [5.41, 5.74) is 1.91. The van der Waals surface area contributed by atoms with Crippen LogP contribution in [0, 0.1) is 12.7 Å². The number of ketones is 1. The van der Waals surface area contributed by atoms with Gasteiger partial charge in [0.25, 0.3) is 11.7 Å². The number of ether oxygens (including phenoxy) is 2. The number of aryl methyl sites for hydroxylation is 1. The van der Waals surface area contributed by atoms with Crippen LogP contribution in [-0.2, 0) is 14.3 Å². The zero-order chi connectivity index (χ0) is 23.6. The lowest BCUT2D eigenvalue weighted by molar-refractivity contribution is -0.140. The van der Waals surface area contributed by atoms with Crippen LogP contribution in [-0.4, -0.2) is 49.1 Å². The maximum Gasteiger partial charge on any atom is 0.295 e. The second kappa shape index (κ2) is 9.53. The van der Waals surface area contributed by atoms with Gasteiger partial charge in [-0.15, -0.1) is 0 Å². The lowest BCUT2D eigenvalue weighted by Gasteiger charge is -2.25. The summed E-state index contributed by atoms with van der Waals surface area (Å²) in [6.07, 6.45) is 0. The van der Waals surface area contributed by atoms with Crippen molar-refractivity contribution in [3.8, 4) is 5.75 Å². The van der Waals surface area contributed by atoms with Gasteiger partial charge < -0.3 is 19.5 Å². The molecule has 7 heteroatoms. The van der Waals surface area contributed by atoms with Gasteiger partial charge in [0.1, 0.15) is 17.3 Å². The highest BCUT2D eigenvalue weighted by Crippen LogP contribution is 2.41. The third kappa shape index (κ3) is 4.12. The maximum absolute atomic E-state index is 14.8. The number of halogens is 1. The summed E-state index contributed by atoms with van der Waals surface area (Å²) in [4.78, 5) is 27.1. The topological polar surface area (TPSA) is 76.1 Å². The molecule has 32 heavy (non-hydrogen) atoms. The molecule has 1 aliphatic heterocycles. The smallest absolute Gasteiger partial charge is 0.295 e. The summed E-state index contributed by atoms with van der Waals surface area (Å²) in [6, 6.07) is 8.42. The number of likely N-dealkylation sites (tertiary alicyclic amines) is 1. The average molecular weight is 441 g/mol. The van der Waals surface area contributed by atoms with Crippen molar-refractivity contribution in [3.05, 3.63) is 70.0 Å². The van der Waals surface area contributed by atoms with E-state index in [1.54, 1.807) is 32.2 Å². The highest BCUT2D eigenvalue weighted by Gasteiger charge is 2.46. The van der Waals surface area contributed by atoms with E-state index in [0.29, 0.717) is 16.9 Å². The molecule has 170 valence electrons. The summed E-state index contributed by atoms with van der Waals surface area (Å²) in [5, 5.41) is 11.3. The molecule has 1 saturated heterocycles. The van der Waals surface area contributed by atoms with E-state index in [-0.39, 0.29) is 36.0 Å². The van der Waals surface area contributed by atoms with Gasteiger partial charge in [-0.25, -0.2) is 4.39 Å². The van der Waals surface area contributed by atoms with Crippen LogP contribution in [0.15, 0.2) is 42.0 Å². The predicted octanol–water partition coefficient (Wildman–Crippen LogP) is 4.33. The van der Waals surface area contributed by atoms with Crippen LogP contribution in [0.4, 0.5) is 4.39 Å². The molecule has 0 spiro atoms. The molecule has 3 rings (SSSR count). The van der Waals surface area contributed by atoms with Crippen LogP contribution >= 0.6 is 0 Å². The Labute approximate surface area is 187 Å². The molecule has 6 nitrogen and oxygen atoms in total. The normalized spacial score (nSPS) is 18.0. The molecule has 2 aromatic rings. The first kappa shape index (κ1) is 23.5. The van der Waals surface area contributed by atoms with Gasteiger partial charge in [0, 0.05) is 24.8 Å². The maximum atomic E-state index is 14.8. The van der Waals surface area contributed by atoms with Gasteiger partial charge in [-0.1, -0.05) is 32.0 Å².